The third-order valence-corrected chi connectivity index (χ3v) is 1.00. The van der Waals surface area contributed by atoms with Gasteiger partial charge in [-0.3, -0.25) is 0 Å². The highest BCUT2D eigenvalue weighted by molar-refractivity contribution is 5.71. The summed E-state index contributed by atoms with van der Waals surface area (Å²) in [5.74, 6) is -4.68. The van der Waals surface area contributed by atoms with Crippen molar-refractivity contribution in [3.05, 3.63) is 0 Å². The van der Waals surface area contributed by atoms with E-state index in [1.807, 2.05) is 0 Å². The van der Waals surface area contributed by atoms with Crippen LogP contribution in [-0.4, -0.2) is 94.2 Å². The van der Waals surface area contributed by atoms with E-state index in [-0.39, 0.29) is 13.2 Å². The van der Waals surface area contributed by atoms with Gasteiger partial charge in [0, 0.05) is 0 Å². The van der Waals surface area contributed by atoms with E-state index in [0.717, 1.165) is 0 Å². The lowest BCUT2D eigenvalue weighted by Gasteiger charge is -1.92. The number of aliphatic carboxylic acids is 4. The van der Waals surface area contributed by atoms with E-state index < -0.39 is 50.3 Å². The maximum atomic E-state index is 9.66. The molecule has 0 unspecified atom stereocenters. The molecule has 0 bridgehead atoms. The summed E-state index contributed by atoms with van der Waals surface area (Å²) in [5, 5.41) is 46.9. The Hall–Kier alpha value is -2.28. The van der Waals surface area contributed by atoms with Crippen LogP contribution in [0.4, 0.5) is 0 Å². The number of carboxylic acid groups (broad SMARTS) is 4. The fourth-order valence-corrected chi connectivity index (χ4v) is 0.451. The zero-order valence-corrected chi connectivity index (χ0v) is 11.4. The first-order valence-electron chi connectivity index (χ1n) is 5.41. The number of rotatable bonds is 9. The molecule has 0 saturated heterocycles. The van der Waals surface area contributed by atoms with Gasteiger partial charge in [0.2, 0.25) is 0 Å². The molecule has 0 radical (unpaired) electrons. The quantitative estimate of drug-likeness (QED) is 0.255. The molecular formula is C10H18O12. The van der Waals surface area contributed by atoms with Crippen molar-refractivity contribution in [2.24, 2.45) is 0 Å². The minimum absolute atomic E-state index is 0.125. The topological polar surface area (TPSA) is 208 Å². The van der Waals surface area contributed by atoms with Crippen LogP contribution in [0.1, 0.15) is 0 Å². The van der Waals surface area contributed by atoms with Gasteiger partial charge in [-0.2, -0.15) is 0 Å². The van der Waals surface area contributed by atoms with Gasteiger partial charge in [-0.1, -0.05) is 0 Å². The van der Waals surface area contributed by atoms with E-state index in [9.17, 15) is 19.2 Å². The zero-order chi connectivity index (χ0) is 18.0. The van der Waals surface area contributed by atoms with Crippen molar-refractivity contribution in [2.75, 3.05) is 39.6 Å². The van der Waals surface area contributed by atoms with Crippen LogP contribution in [0.25, 0.3) is 0 Å². The molecule has 130 valence electrons. The smallest absolute Gasteiger partial charge is 0.329 e. The Balaban J connectivity index is -0.000000266. The monoisotopic (exact) mass is 330 g/mol. The standard InChI is InChI=1S/2C4H6O5.C2H6O2/c2*5-3(6)1-9-2-4(7)8;3-1-2-4/h2*1-2H2,(H,5,6)(H,7,8);3-4H,1-2H2. The largest absolute Gasteiger partial charge is 0.480 e. The molecule has 0 saturated carbocycles. The average Bonchev–Trinajstić information content (AvgIpc) is 2.38. The van der Waals surface area contributed by atoms with Crippen molar-refractivity contribution in [3.63, 3.8) is 0 Å². The molecule has 0 aromatic carbocycles. The lowest BCUT2D eigenvalue weighted by molar-refractivity contribution is -0.150. The van der Waals surface area contributed by atoms with Gasteiger partial charge in [0.25, 0.3) is 0 Å². The molecule has 6 N–H and O–H groups in total. The van der Waals surface area contributed by atoms with Crippen molar-refractivity contribution in [1.29, 1.82) is 0 Å². The summed E-state index contributed by atoms with van der Waals surface area (Å²) >= 11 is 0. The van der Waals surface area contributed by atoms with E-state index in [0.29, 0.717) is 0 Å². The van der Waals surface area contributed by atoms with Crippen LogP contribution in [0.5, 0.6) is 0 Å². The number of hydrogen-bond donors (Lipinski definition) is 6. The highest BCUT2D eigenvalue weighted by Gasteiger charge is 1.99. The SMILES string of the molecule is O=C(O)COCC(=O)O.O=C(O)COCC(=O)O.OCCO. The third-order valence-electron chi connectivity index (χ3n) is 1.00. The van der Waals surface area contributed by atoms with Crippen LogP contribution in [0.2, 0.25) is 0 Å². The van der Waals surface area contributed by atoms with E-state index in [2.05, 4.69) is 9.47 Å². The molecule has 0 aliphatic heterocycles. The van der Waals surface area contributed by atoms with Gasteiger partial charge >= 0.3 is 23.9 Å². The Labute approximate surface area is 124 Å². The van der Waals surface area contributed by atoms with Crippen LogP contribution in [0.3, 0.4) is 0 Å². The first kappa shape index (κ1) is 24.7. The third kappa shape index (κ3) is 43.1. The maximum absolute atomic E-state index is 9.66. The highest BCUT2D eigenvalue weighted by Crippen LogP contribution is 1.73. The number of aliphatic hydroxyl groups is 2. The van der Waals surface area contributed by atoms with Gasteiger partial charge in [0.1, 0.15) is 26.4 Å². The second-order valence-corrected chi connectivity index (χ2v) is 3.01. The van der Waals surface area contributed by atoms with Crippen molar-refractivity contribution < 1.29 is 59.3 Å². The van der Waals surface area contributed by atoms with Gasteiger partial charge in [-0.15, -0.1) is 0 Å². The molecule has 0 aromatic rings. The van der Waals surface area contributed by atoms with E-state index in [1.54, 1.807) is 0 Å². The van der Waals surface area contributed by atoms with Crippen LogP contribution in [0, 0.1) is 0 Å². The maximum Gasteiger partial charge on any atom is 0.329 e. The minimum atomic E-state index is -1.17. The summed E-state index contributed by atoms with van der Waals surface area (Å²) < 4.78 is 8.31. The first-order valence-corrected chi connectivity index (χ1v) is 5.41. The molecule has 12 nitrogen and oxygen atoms in total. The molecule has 0 aliphatic rings. The van der Waals surface area contributed by atoms with Gasteiger partial charge in [-0.25, -0.2) is 19.2 Å². The fraction of sp³-hybridized carbons (Fsp3) is 0.600. The highest BCUT2D eigenvalue weighted by atomic mass is 16.5. The summed E-state index contributed by atoms with van der Waals surface area (Å²) in [4.78, 5) is 38.7. The van der Waals surface area contributed by atoms with Crippen molar-refractivity contribution in [3.8, 4) is 0 Å². The molecule has 0 aromatic heterocycles. The predicted molar refractivity (Wildman–Crippen MR) is 66.4 cm³/mol. The minimum Gasteiger partial charge on any atom is -0.480 e. The molecular weight excluding hydrogens is 312 g/mol. The Morgan fingerprint density at radius 3 is 0.818 bits per heavy atom. The second kappa shape index (κ2) is 18.7. The Morgan fingerprint density at radius 1 is 0.545 bits per heavy atom. The summed E-state index contributed by atoms with van der Waals surface area (Å²) in [6.45, 7) is -2.50. The average molecular weight is 330 g/mol. The van der Waals surface area contributed by atoms with Gasteiger partial charge in [0.05, 0.1) is 13.2 Å². The summed E-state index contributed by atoms with van der Waals surface area (Å²) in [6.07, 6.45) is 0. The zero-order valence-electron chi connectivity index (χ0n) is 11.4. The number of carboxylic acids is 4. The van der Waals surface area contributed by atoms with E-state index in [1.165, 1.54) is 0 Å². The normalized spacial score (nSPS) is 8.64. The number of ether oxygens (including phenoxy) is 2. The Morgan fingerprint density at radius 2 is 0.727 bits per heavy atom. The molecule has 0 aliphatic carbocycles. The molecule has 22 heavy (non-hydrogen) atoms. The molecule has 0 atom stereocenters. The van der Waals surface area contributed by atoms with Crippen LogP contribution < -0.4 is 0 Å². The van der Waals surface area contributed by atoms with Crippen LogP contribution >= 0.6 is 0 Å². The Bertz CT molecular complexity index is 266. The second-order valence-electron chi connectivity index (χ2n) is 3.01. The van der Waals surface area contributed by atoms with Crippen LogP contribution in [0.15, 0.2) is 0 Å². The van der Waals surface area contributed by atoms with Crippen molar-refractivity contribution >= 4 is 23.9 Å². The van der Waals surface area contributed by atoms with Crippen molar-refractivity contribution in [1.82, 2.24) is 0 Å². The van der Waals surface area contributed by atoms with Gasteiger partial charge < -0.3 is 40.1 Å². The Kier molecular flexibility index (Phi) is 21.0. The van der Waals surface area contributed by atoms with Gasteiger partial charge in [0.15, 0.2) is 0 Å². The van der Waals surface area contributed by atoms with Gasteiger partial charge in [-0.05, 0) is 0 Å². The van der Waals surface area contributed by atoms with Crippen molar-refractivity contribution in [2.45, 2.75) is 0 Å². The molecule has 0 amide bonds. The van der Waals surface area contributed by atoms with E-state index >= 15 is 0 Å². The molecule has 0 rings (SSSR count). The summed E-state index contributed by atoms with van der Waals surface area (Å²) in [6, 6.07) is 0. The predicted octanol–water partition coefficient (Wildman–Crippen LogP) is -2.68. The lowest BCUT2D eigenvalue weighted by Crippen LogP contribution is -2.13. The molecule has 0 spiro atoms. The fourth-order valence-electron chi connectivity index (χ4n) is 0.451. The number of carbonyl (C=O) groups is 4. The van der Waals surface area contributed by atoms with Crippen LogP contribution in [-0.2, 0) is 28.7 Å². The summed E-state index contributed by atoms with van der Waals surface area (Å²) in [5.41, 5.74) is 0. The first-order chi connectivity index (χ1) is 10.2. The molecule has 0 heterocycles. The molecule has 12 heteroatoms. The van der Waals surface area contributed by atoms with E-state index in [4.69, 9.17) is 30.6 Å². The number of aliphatic hydroxyl groups excluding tert-OH is 2. The lowest BCUT2D eigenvalue weighted by atomic mass is 10.7. The number of hydrogen-bond acceptors (Lipinski definition) is 8. The summed E-state index contributed by atoms with van der Waals surface area (Å²) in [7, 11) is 0. The molecule has 0 fully saturated rings.